The minimum absolute atomic E-state index is 0.129. The summed E-state index contributed by atoms with van der Waals surface area (Å²) in [6.45, 7) is 7.64. The molecule has 0 bridgehead atoms. The Labute approximate surface area is 270 Å². The topological polar surface area (TPSA) is 118 Å². The molecule has 0 aliphatic rings. The van der Waals surface area contributed by atoms with Crippen LogP contribution < -0.4 is 10.3 Å². The number of hydrogen-bond donors (Lipinski definition) is 2. The van der Waals surface area contributed by atoms with Crippen molar-refractivity contribution in [2.75, 3.05) is 4.72 Å². The van der Waals surface area contributed by atoms with Crippen molar-refractivity contribution in [2.24, 2.45) is 0 Å². The van der Waals surface area contributed by atoms with Crippen molar-refractivity contribution in [1.82, 2.24) is 15.1 Å². The Morgan fingerprint density at radius 2 is 1.76 bits per heavy atom. The highest BCUT2D eigenvalue weighted by Crippen LogP contribution is 2.38. The molecule has 11 heteroatoms. The standard InChI is InChI=1S/C34H32N4O4S3/c1-5-24-19-29-30(28(6-2)35-24)31(44-25-10-8-7-9-11-25)27(33(39)36-29)18-22-12-14-23(15-13-22)26-16-17-43-34(26)45(40,41)38-32-20(3)21(4)42-37-32/h7-17,19H,5-6,18H2,1-4H3,(H,36,39)(H,37,38). The average Bonchev–Trinajstić information content (AvgIpc) is 3.66. The Morgan fingerprint density at radius 3 is 2.42 bits per heavy atom. The van der Waals surface area contributed by atoms with E-state index in [1.165, 1.54) is 0 Å². The predicted octanol–water partition coefficient (Wildman–Crippen LogP) is 7.92. The van der Waals surface area contributed by atoms with Gasteiger partial charge in [0.15, 0.2) is 5.82 Å². The number of hydrogen-bond acceptors (Lipinski definition) is 8. The van der Waals surface area contributed by atoms with Gasteiger partial charge in [-0.15, -0.1) is 11.3 Å². The third-order valence-electron chi connectivity index (χ3n) is 7.74. The summed E-state index contributed by atoms with van der Waals surface area (Å²) >= 11 is 2.72. The van der Waals surface area contributed by atoms with Gasteiger partial charge in [-0.1, -0.05) is 73.2 Å². The Hall–Kier alpha value is -4.19. The van der Waals surface area contributed by atoms with Gasteiger partial charge in [0.05, 0.1) is 11.2 Å². The smallest absolute Gasteiger partial charge is 0.273 e. The fraction of sp³-hybridized carbons (Fsp3) is 0.206. The first-order chi connectivity index (χ1) is 21.7. The summed E-state index contributed by atoms with van der Waals surface area (Å²) in [6.07, 6.45) is 1.92. The molecule has 2 N–H and O–H groups in total. The Bertz CT molecular complexity index is 2170. The molecule has 0 saturated heterocycles. The summed E-state index contributed by atoms with van der Waals surface area (Å²) in [7, 11) is -3.90. The predicted molar refractivity (Wildman–Crippen MR) is 181 cm³/mol. The Kier molecular flexibility index (Phi) is 8.67. The van der Waals surface area contributed by atoms with E-state index < -0.39 is 10.0 Å². The molecule has 6 aromatic rings. The molecule has 4 aromatic heterocycles. The summed E-state index contributed by atoms with van der Waals surface area (Å²) in [5.41, 5.74) is 6.18. The molecule has 0 fully saturated rings. The highest BCUT2D eigenvalue weighted by Gasteiger charge is 2.24. The monoisotopic (exact) mass is 656 g/mol. The number of anilines is 1. The minimum atomic E-state index is -3.90. The van der Waals surface area contributed by atoms with Crippen LogP contribution in [0.2, 0.25) is 0 Å². The van der Waals surface area contributed by atoms with Gasteiger partial charge in [-0.3, -0.25) is 14.5 Å². The highest BCUT2D eigenvalue weighted by atomic mass is 32.2. The van der Waals surface area contributed by atoms with E-state index in [9.17, 15) is 13.2 Å². The first-order valence-corrected chi connectivity index (χ1v) is 17.8. The molecule has 0 atom stereocenters. The highest BCUT2D eigenvalue weighted by molar-refractivity contribution is 7.99. The van der Waals surface area contributed by atoms with Gasteiger partial charge in [0.2, 0.25) is 0 Å². The number of aromatic nitrogens is 3. The molecule has 0 aliphatic carbocycles. The number of H-pyrrole nitrogens is 1. The van der Waals surface area contributed by atoms with E-state index in [2.05, 4.69) is 28.7 Å². The van der Waals surface area contributed by atoms with Crippen LogP contribution in [-0.2, 0) is 29.3 Å². The van der Waals surface area contributed by atoms with Gasteiger partial charge >= 0.3 is 0 Å². The van der Waals surface area contributed by atoms with Crippen LogP contribution in [0.1, 0.15) is 47.7 Å². The van der Waals surface area contributed by atoms with Crippen molar-refractivity contribution in [2.45, 2.75) is 61.0 Å². The van der Waals surface area contributed by atoms with Gasteiger partial charge in [0, 0.05) is 44.0 Å². The summed E-state index contributed by atoms with van der Waals surface area (Å²) in [5.74, 6) is 0.734. The summed E-state index contributed by atoms with van der Waals surface area (Å²) in [6, 6.07) is 21.5. The fourth-order valence-corrected chi connectivity index (χ4v) is 8.79. The number of thiophene rings is 1. The molecule has 45 heavy (non-hydrogen) atoms. The molecule has 4 heterocycles. The van der Waals surface area contributed by atoms with E-state index in [1.807, 2.05) is 60.7 Å². The van der Waals surface area contributed by atoms with Gasteiger partial charge in [0.25, 0.3) is 15.6 Å². The van der Waals surface area contributed by atoms with E-state index in [4.69, 9.17) is 9.51 Å². The second-order valence-corrected chi connectivity index (χ2v) is 14.6. The number of fused-ring (bicyclic) bond motifs is 1. The molecular formula is C34H32N4O4S3. The number of rotatable bonds is 10. The van der Waals surface area contributed by atoms with Crippen LogP contribution in [-0.4, -0.2) is 23.5 Å². The maximum absolute atomic E-state index is 13.7. The number of aromatic amines is 1. The summed E-state index contributed by atoms with van der Waals surface area (Å²) in [4.78, 5) is 23.7. The van der Waals surface area contributed by atoms with Gasteiger partial charge in [-0.2, -0.15) is 0 Å². The van der Waals surface area contributed by atoms with E-state index in [0.717, 1.165) is 67.4 Å². The third-order valence-corrected chi connectivity index (χ3v) is 11.7. The zero-order valence-corrected chi connectivity index (χ0v) is 27.8. The molecule has 0 spiro atoms. The van der Waals surface area contributed by atoms with Gasteiger partial charge in [-0.25, -0.2) is 8.42 Å². The van der Waals surface area contributed by atoms with Gasteiger partial charge in [0.1, 0.15) is 9.97 Å². The van der Waals surface area contributed by atoms with E-state index >= 15 is 0 Å². The normalized spacial score (nSPS) is 11.7. The van der Waals surface area contributed by atoms with Crippen LogP contribution >= 0.6 is 23.1 Å². The lowest BCUT2D eigenvalue weighted by atomic mass is 10.0. The number of sulfonamides is 1. The Balaban J connectivity index is 1.36. The minimum Gasteiger partial charge on any atom is -0.359 e. The maximum Gasteiger partial charge on any atom is 0.273 e. The van der Waals surface area contributed by atoms with E-state index in [-0.39, 0.29) is 15.6 Å². The number of pyridine rings is 2. The van der Waals surface area contributed by atoms with Crippen molar-refractivity contribution < 1.29 is 12.9 Å². The molecule has 0 saturated carbocycles. The Morgan fingerprint density at radius 1 is 1.00 bits per heavy atom. The van der Waals surface area contributed by atoms with Crippen molar-refractivity contribution in [1.29, 1.82) is 0 Å². The number of nitrogens with one attached hydrogen (secondary N) is 2. The first kappa shape index (κ1) is 30.8. The van der Waals surface area contributed by atoms with Crippen LogP contribution in [0.5, 0.6) is 0 Å². The van der Waals surface area contributed by atoms with E-state index in [1.54, 1.807) is 37.1 Å². The first-order valence-electron chi connectivity index (χ1n) is 14.6. The third kappa shape index (κ3) is 6.20. The molecule has 0 radical (unpaired) electrons. The van der Waals surface area contributed by atoms with Crippen molar-refractivity contribution in [3.8, 4) is 11.1 Å². The van der Waals surface area contributed by atoms with Gasteiger partial charge < -0.3 is 9.51 Å². The lowest BCUT2D eigenvalue weighted by molar-refractivity contribution is 0.399. The zero-order valence-electron chi connectivity index (χ0n) is 25.3. The second-order valence-electron chi connectivity index (χ2n) is 10.7. The molecule has 0 aliphatic heterocycles. The van der Waals surface area contributed by atoms with Crippen LogP contribution in [0.3, 0.4) is 0 Å². The molecule has 8 nitrogen and oxygen atoms in total. The van der Waals surface area contributed by atoms with Crippen LogP contribution in [0.4, 0.5) is 5.82 Å². The zero-order chi connectivity index (χ0) is 31.7. The van der Waals surface area contributed by atoms with Crippen molar-refractivity contribution in [3.63, 3.8) is 0 Å². The average molecular weight is 657 g/mol. The van der Waals surface area contributed by atoms with Crippen molar-refractivity contribution in [3.05, 3.63) is 116 Å². The summed E-state index contributed by atoms with van der Waals surface area (Å²) < 4.78 is 34.5. The maximum atomic E-state index is 13.7. The molecule has 0 unspecified atom stereocenters. The molecule has 2 aromatic carbocycles. The number of aryl methyl sites for hydroxylation is 3. The lowest BCUT2D eigenvalue weighted by Gasteiger charge is -2.16. The summed E-state index contributed by atoms with van der Waals surface area (Å²) in [5, 5.41) is 6.58. The van der Waals surface area contributed by atoms with Crippen LogP contribution in [0.25, 0.3) is 22.0 Å². The molecule has 6 rings (SSSR count). The van der Waals surface area contributed by atoms with E-state index in [0.29, 0.717) is 28.9 Å². The van der Waals surface area contributed by atoms with Gasteiger partial charge in [-0.05, 0) is 67.5 Å². The second kappa shape index (κ2) is 12.7. The molecule has 0 amide bonds. The molecule has 230 valence electrons. The van der Waals surface area contributed by atoms with Crippen molar-refractivity contribution >= 4 is 49.8 Å². The van der Waals surface area contributed by atoms with Crippen LogP contribution in [0.15, 0.2) is 95.4 Å². The number of benzene rings is 2. The molecular weight excluding hydrogens is 625 g/mol. The van der Waals surface area contributed by atoms with Crippen LogP contribution in [0, 0.1) is 13.8 Å². The quantitative estimate of drug-likeness (QED) is 0.154. The fourth-order valence-electron chi connectivity index (χ4n) is 5.19. The lowest BCUT2D eigenvalue weighted by Crippen LogP contribution is -2.16. The number of nitrogens with zero attached hydrogens (tertiary/aromatic N) is 2. The largest absolute Gasteiger partial charge is 0.359 e. The SMILES string of the molecule is CCc1cc2[nH]c(=O)c(Cc3ccc(-c4ccsc4S(=O)(=O)Nc4noc(C)c4C)cc3)c(Sc3ccccc3)c2c(CC)n1.